The van der Waals surface area contributed by atoms with Crippen molar-refractivity contribution in [3.8, 4) is 0 Å². The Kier molecular flexibility index (Phi) is 2.39. The summed E-state index contributed by atoms with van der Waals surface area (Å²) in [6.45, 7) is 3.86. The largest absolute Gasteiger partial charge is 0.441 e. The van der Waals surface area contributed by atoms with Crippen LogP contribution in [0.3, 0.4) is 0 Å². The molecule has 0 spiro atoms. The van der Waals surface area contributed by atoms with Crippen LogP contribution in [0.2, 0.25) is 0 Å². The van der Waals surface area contributed by atoms with Crippen molar-refractivity contribution in [2.24, 2.45) is 0 Å². The van der Waals surface area contributed by atoms with Crippen molar-refractivity contribution in [1.29, 1.82) is 0 Å². The van der Waals surface area contributed by atoms with Gasteiger partial charge in [0.2, 0.25) is 0 Å². The van der Waals surface area contributed by atoms with Crippen LogP contribution in [-0.4, -0.2) is 17.7 Å². The standard InChI is InChI=1S/C12H15NO2/c1-12(2)10(13-11(14)15-12)8-9-6-4-3-5-7-9/h3-7,10H,8H2,1-2H3,(H,13,14). The zero-order valence-corrected chi connectivity index (χ0v) is 8.99. The molecule has 15 heavy (non-hydrogen) atoms. The summed E-state index contributed by atoms with van der Waals surface area (Å²) in [6.07, 6.45) is 0.487. The molecule has 0 aromatic heterocycles. The summed E-state index contributed by atoms with van der Waals surface area (Å²) in [5.41, 5.74) is 0.786. The summed E-state index contributed by atoms with van der Waals surface area (Å²) in [5, 5.41) is 2.83. The molecular formula is C12H15NO2. The van der Waals surface area contributed by atoms with Crippen LogP contribution in [0.25, 0.3) is 0 Å². The Morgan fingerprint density at radius 2 is 2.00 bits per heavy atom. The summed E-state index contributed by atoms with van der Waals surface area (Å²) < 4.78 is 5.18. The minimum atomic E-state index is -0.424. The van der Waals surface area contributed by atoms with E-state index in [1.54, 1.807) is 0 Å². The molecular weight excluding hydrogens is 190 g/mol. The van der Waals surface area contributed by atoms with Crippen LogP contribution < -0.4 is 5.32 Å². The minimum absolute atomic E-state index is 0.0485. The Morgan fingerprint density at radius 1 is 1.33 bits per heavy atom. The normalized spacial score (nSPS) is 23.3. The van der Waals surface area contributed by atoms with Crippen LogP contribution in [0.1, 0.15) is 19.4 Å². The number of ether oxygens (including phenoxy) is 1. The van der Waals surface area contributed by atoms with E-state index in [-0.39, 0.29) is 12.1 Å². The van der Waals surface area contributed by atoms with E-state index in [2.05, 4.69) is 17.4 Å². The fourth-order valence-electron chi connectivity index (χ4n) is 1.80. The monoisotopic (exact) mass is 205 g/mol. The Balaban J connectivity index is 2.10. The number of hydrogen-bond donors (Lipinski definition) is 1. The van der Waals surface area contributed by atoms with Gasteiger partial charge in [-0.15, -0.1) is 0 Å². The maximum atomic E-state index is 11.1. The van der Waals surface area contributed by atoms with Crippen molar-refractivity contribution in [1.82, 2.24) is 5.32 Å². The minimum Gasteiger partial charge on any atom is -0.441 e. The van der Waals surface area contributed by atoms with Crippen molar-refractivity contribution in [2.75, 3.05) is 0 Å². The van der Waals surface area contributed by atoms with Crippen molar-refractivity contribution in [3.63, 3.8) is 0 Å². The van der Waals surface area contributed by atoms with Gasteiger partial charge in [0, 0.05) is 0 Å². The Morgan fingerprint density at radius 3 is 2.53 bits per heavy atom. The van der Waals surface area contributed by atoms with Gasteiger partial charge in [0.25, 0.3) is 0 Å². The molecule has 0 aliphatic carbocycles. The van der Waals surface area contributed by atoms with Crippen LogP contribution in [-0.2, 0) is 11.2 Å². The van der Waals surface area contributed by atoms with E-state index >= 15 is 0 Å². The van der Waals surface area contributed by atoms with Crippen LogP contribution in [0.15, 0.2) is 30.3 Å². The van der Waals surface area contributed by atoms with E-state index < -0.39 is 5.60 Å². The van der Waals surface area contributed by atoms with Crippen LogP contribution in [0, 0.1) is 0 Å². The molecule has 3 nitrogen and oxygen atoms in total. The van der Waals surface area contributed by atoms with E-state index in [9.17, 15) is 4.79 Å². The van der Waals surface area contributed by atoms with Crippen molar-refractivity contribution >= 4 is 6.09 Å². The number of benzene rings is 1. The van der Waals surface area contributed by atoms with Gasteiger partial charge >= 0.3 is 6.09 Å². The van der Waals surface area contributed by atoms with Crippen molar-refractivity contribution in [3.05, 3.63) is 35.9 Å². The lowest BCUT2D eigenvalue weighted by atomic mass is 9.93. The number of carbonyl (C=O) groups excluding carboxylic acids is 1. The molecule has 1 heterocycles. The molecule has 1 aromatic carbocycles. The Hall–Kier alpha value is -1.51. The van der Waals surface area contributed by atoms with E-state index in [0.29, 0.717) is 0 Å². The molecule has 0 saturated carbocycles. The van der Waals surface area contributed by atoms with Gasteiger partial charge in [-0.2, -0.15) is 0 Å². The van der Waals surface area contributed by atoms with Crippen LogP contribution in [0.5, 0.6) is 0 Å². The summed E-state index contributed by atoms with van der Waals surface area (Å²) in [6, 6.07) is 10.1. The number of hydrogen-bond acceptors (Lipinski definition) is 2. The molecule has 0 bridgehead atoms. The quantitative estimate of drug-likeness (QED) is 0.803. The first-order valence-corrected chi connectivity index (χ1v) is 5.11. The van der Waals surface area contributed by atoms with E-state index in [1.165, 1.54) is 5.56 Å². The highest BCUT2D eigenvalue weighted by molar-refractivity contribution is 5.71. The third-order valence-electron chi connectivity index (χ3n) is 2.77. The van der Waals surface area contributed by atoms with Gasteiger partial charge in [-0.1, -0.05) is 30.3 Å². The topological polar surface area (TPSA) is 38.3 Å². The zero-order valence-electron chi connectivity index (χ0n) is 8.99. The first kappa shape index (κ1) is 10.0. The molecule has 1 aliphatic rings. The maximum absolute atomic E-state index is 11.1. The van der Waals surface area contributed by atoms with Gasteiger partial charge in [-0.05, 0) is 25.8 Å². The molecule has 1 N–H and O–H groups in total. The zero-order chi connectivity index (χ0) is 10.9. The summed E-state index contributed by atoms with van der Waals surface area (Å²) >= 11 is 0. The van der Waals surface area contributed by atoms with Crippen molar-refractivity contribution in [2.45, 2.75) is 31.9 Å². The molecule has 1 saturated heterocycles. The van der Waals surface area contributed by atoms with Gasteiger partial charge in [0.1, 0.15) is 5.60 Å². The lowest BCUT2D eigenvalue weighted by molar-refractivity contribution is 0.0685. The number of rotatable bonds is 2. The van der Waals surface area contributed by atoms with Gasteiger partial charge in [-0.25, -0.2) is 4.79 Å². The highest BCUT2D eigenvalue weighted by Crippen LogP contribution is 2.24. The van der Waals surface area contributed by atoms with Crippen molar-refractivity contribution < 1.29 is 9.53 Å². The van der Waals surface area contributed by atoms with Crippen LogP contribution >= 0.6 is 0 Å². The third-order valence-corrected chi connectivity index (χ3v) is 2.77. The second kappa shape index (κ2) is 3.57. The summed E-state index contributed by atoms with van der Waals surface area (Å²) in [5.74, 6) is 0. The maximum Gasteiger partial charge on any atom is 0.408 e. The average Bonchev–Trinajstić information content (AvgIpc) is 2.41. The SMILES string of the molecule is CC1(C)OC(=O)NC1Cc1ccccc1. The lowest BCUT2D eigenvalue weighted by Crippen LogP contribution is -2.40. The molecule has 1 fully saturated rings. The molecule has 1 aliphatic heterocycles. The molecule has 1 amide bonds. The lowest BCUT2D eigenvalue weighted by Gasteiger charge is -2.23. The summed E-state index contributed by atoms with van der Waals surface area (Å²) in [7, 11) is 0. The molecule has 2 rings (SSSR count). The molecule has 80 valence electrons. The van der Waals surface area contributed by atoms with Gasteiger partial charge < -0.3 is 10.1 Å². The summed E-state index contributed by atoms with van der Waals surface area (Å²) in [4.78, 5) is 11.1. The van der Waals surface area contributed by atoms with Gasteiger partial charge in [-0.3, -0.25) is 0 Å². The second-order valence-electron chi connectivity index (χ2n) is 4.38. The number of nitrogens with one attached hydrogen (secondary N) is 1. The van der Waals surface area contributed by atoms with E-state index in [1.807, 2.05) is 32.0 Å². The fourth-order valence-corrected chi connectivity index (χ4v) is 1.80. The Labute approximate surface area is 89.4 Å². The molecule has 1 atom stereocenters. The number of carbonyl (C=O) groups is 1. The Bertz CT molecular complexity index is 359. The first-order valence-electron chi connectivity index (χ1n) is 5.11. The number of cyclic esters (lactones) is 1. The molecule has 3 heteroatoms. The number of alkyl carbamates (subject to hydrolysis) is 1. The highest BCUT2D eigenvalue weighted by Gasteiger charge is 2.40. The van der Waals surface area contributed by atoms with Crippen LogP contribution in [0.4, 0.5) is 4.79 Å². The third kappa shape index (κ3) is 2.12. The smallest absolute Gasteiger partial charge is 0.408 e. The van der Waals surface area contributed by atoms with Gasteiger partial charge in [0.05, 0.1) is 6.04 Å². The fraction of sp³-hybridized carbons (Fsp3) is 0.417. The molecule has 1 aromatic rings. The molecule has 1 unspecified atom stereocenters. The predicted molar refractivity (Wildman–Crippen MR) is 57.6 cm³/mol. The predicted octanol–water partition coefficient (Wildman–Crippen LogP) is 2.12. The number of amides is 1. The van der Waals surface area contributed by atoms with E-state index in [0.717, 1.165) is 6.42 Å². The highest BCUT2D eigenvalue weighted by atomic mass is 16.6. The second-order valence-corrected chi connectivity index (χ2v) is 4.38. The van der Waals surface area contributed by atoms with Gasteiger partial charge in [0.15, 0.2) is 0 Å². The van der Waals surface area contributed by atoms with E-state index in [4.69, 9.17) is 4.74 Å². The average molecular weight is 205 g/mol. The molecule has 0 radical (unpaired) electrons. The first-order chi connectivity index (χ1) is 7.08.